The van der Waals surface area contributed by atoms with Crippen molar-refractivity contribution >= 4 is 17.7 Å². The number of nitrogens with zero attached hydrogens (tertiary/aromatic N) is 1. The van der Waals surface area contributed by atoms with Crippen molar-refractivity contribution in [3.63, 3.8) is 0 Å². The molecule has 7 nitrogen and oxygen atoms in total. The Labute approximate surface area is 195 Å². The maximum absolute atomic E-state index is 13.1. The second kappa shape index (κ2) is 9.84. The van der Waals surface area contributed by atoms with Crippen molar-refractivity contribution in [2.24, 2.45) is 29.6 Å². The van der Waals surface area contributed by atoms with E-state index in [-0.39, 0.29) is 11.5 Å². The van der Waals surface area contributed by atoms with E-state index in [0.29, 0.717) is 24.2 Å². The van der Waals surface area contributed by atoms with Crippen LogP contribution in [0.15, 0.2) is 35.6 Å². The number of likely N-dealkylation sites (N-methyl/N-ethyl adjacent to an activating group) is 1. The summed E-state index contributed by atoms with van der Waals surface area (Å²) in [6, 6.07) is -1.14. The van der Waals surface area contributed by atoms with Gasteiger partial charge in [0.2, 0.25) is 0 Å². The van der Waals surface area contributed by atoms with Crippen LogP contribution in [-0.4, -0.2) is 56.6 Å². The van der Waals surface area contributed by atoms with Crippen LogP contribution in [0, 0.1) is 29.6 Å². The Balaban J connectivity index is 1.85. The number of allylic oxidation sites excluding steroid dienone is 4. The zero-order valence-electron chi connectivity index (χ0n) is 20.0. The molecule has 2 aliphatic carbocycles. The maximum atomic E-state index is 13.1. The van der Waals surface area contributed by atoms with Gasteiger partial charge in [-0.3, -0.25) is 9.59 Å². The molecule has 1 saturated heterocycles. The van der Waals surface area contributed by atoms with Crippen molar-refractivity contribution in [2.45, 2.75) is 70.9 Å². The third-order valence-electron chi connectivity index (χ3n) is 8.22. The Morgan fingerprint density at radius 1 is 1.24 bits per heavy atom. The number of carbonyl (C=O) groups is 3. The molecule has 1 aliphatic heterocycles. The minimum absolute atomic E-state index is 0.214. The fraction of sp³-hybridized carbons (Fsp3) is 0.654. The third-order valence-corrected chi connectivity index (χ3v) is 8.22. The molecular formula is C26H37NO6. The number of Topliss-reactive ketones (excluding diaryl/α,β-unsaturated/α-hetero) is 1. The van der Waals surface area contributed by atoms with Crippen LogP contribution in [0.4, 0.5) is 0 Å². The standard InChI is InChI=1S/C26H37NO6/c1-5-16(3)26(33,25(31)32)14-20-23(29)22(24(30)27(20)4)21(28)13-12-18-15(2)10-11-17-8-6-7-9-19(17)18/h10-13,15-20,28,33H,5-9,14H2,1-4H3,(H,31,32)/b13-12+,22-21+/t15-,16?,17?,18-,19?,20?,26?/m0/s1. The predicted molar refractivity (Wildman–Crippen MR) is 124 cm³/mol. The number of fused-ring (bicyclic) bond motifs is 1. The number of aliphatic hydroxyl groups is 2. The van der Waals surface area contributed by atoms with Crippen LogP contribution < -0.4 is 0 Å². The first-order valence-corrected chi connectivity index (χ1v) is 12.1. The predicted octanol–water partition coefficient (Wildman–Crippen LogP) is 3.64. The molecule has 33 heavy (non-hydrogen) atoms. The minimum atomic E-state index is -2.15. The second-order valence-electron chi connectivity index (χ2n) is 10.1. The lowest BCUT2D eigenvalue weighted by molar-refractivity contribution is -0.167. The molecule has 7 atom stereocenters. The third kappa shape index (κ3) is 4.65. The Kier molecular flexibility index (Phi) is 7.52. The van der Waals surface area contributed by atoms with E-state index in [2.05, 4.69) is 19.1 Å². The van der Waals surface area contributed by atoms with Gasteiger partial charge in [-0.25, -0.2) is 4.79 Å². The normalized spacial score (nSPS) is 34.3. The first-order chi connectivity index (χ1) is 15.5. The summed E-state index contributed by atoms with van der Waals surface area (Å²) >= 11 is 0. The van der Waals surface area contributed by atoms with E-state index in [1.54, 1.807) is 13.8 Å². The Bertz CT molecular complexity index is 889. The number of carboxylic acids is 1. The number of aliphatic carboxylic acids is 1. The van der Waals surface area contributed by atoms with Gasteiger partial charge in [-0.1, -0.05) is 58.3 Å². The number of aliphatic hydroxyl groups excluding tert-OH is 1. The van der Waals surface area contributed by atoms with E-state index in [9.17, 15) is 29.7 Å². The van der Waals surface area contributed by atoms with Gasteiger partial charge < -0.3 is 20.2 Å². The van der Waals surface area contributed by atoms with Gasteiger partial charge >= 0.3 is 5.97 Å². The summed E-state index contributed by atoms with van der Waals surface area (Å²) in [6.07, 6.45) is 12.6. The number of carboxylic acid groups (broad SMARTS) is 1. The molecule has 5 unspecified atom stereocenters. The SMILES string of the molecule is CCC(C)C(O)(CC1C(=O)/C(=C(O)/C=C/[C@@H]2C3CCCCC3C=C[C@@H]2C)C(=O)N1C)C(=O)O. The van der Waals surface area contributed by atoms with Crippen LogP contribution >= 0.6 is 0 Å². The van der Waals surface area contributed by atoms with Crippen molar-refractivity contribution in [1.82, 2.24) is 4.90 Å². The van der Waals surface area contributed by atoms with Crippen molar-refractivity contribution < 1.29 is 29.7 Å². The lowest BCUT2D eigenvalue weighted by atomic mass is 9.65. The highest BCUT2D eigenvalue weighted by Gasteiger charge is 2.51. The molecule has 182 valence electrons. The smallest absolute Gasteiger partial charge is 0.336 e. The maximum Gasteiger partial charge on any atom is 0.336 e. The zero-order chi connectivity index (χ0) is 24.5. The lowest BCUT2D eigenvalue weighted by Crippen LogP contribution is -2.50. The van der Waals surface area contributed by atoms with E-state index < -0.39 is 47.4 Å². The number of hydrogen-bond donors (Lipinski definition) is 3. The van der Waals surface area contributed by atoms with Gasteiger partial charge in [0.05, 0.1) is 6.04 Å². The number of hydrogen-bond acceptors (Lipinski definition) is 5. The second-order valence-corrected chi connectivity index (χ2v) is 10.1. The molecule has 1 saturated carbocycles. The molecule has 0 aromatic heterocycles. The molecule has 3 rings (SSSR count). The van der Waals surface area contributed by atoms with Crippen LogP contribution in [0.25, 0.3) is 0 Å². The number of carbonyl (C=O) groups excluding carboxylic acids is 2. The van der Waals surface area contributed by atoms with Crippen LogP contribution in [0.5, 0.6) is 0 Å². The Morgan fingerprint density at radius 2 is 1.91 bits per heavy atom. The molecule has 0 radical (unpaired) electrons. The molecule has 0 spiro atoms. The molecule has 1 amide bonds. The van der Waals surface area contributed by atoms with Gasteiger partial charge in [-0.05, 0) is 48.5 Å². The summed E-state index contributed by atoms with van der Waals surface area (Å²) in [5, 5.41) is 31.1. The van der Waals surface area contributed by atoms with Crippen molar-refractivity contribution in [3.05, 3.63) is 35.6 Å². The molecule has 7 heteroatoms. The minimum Gasteiger partial charge on any atom is -0.507 e. The molecule has 1 heterocycles. The van der Waals surface area contributed by atoms with Gasteiger partial charge in [0.15, 0.2) is 11.4 Å². The topological polar surface area (TPSA) is 115 Å². The molecule has 0 aromatic rings. The summed E-state index contributed by atoms with van der Waals surface area (Å²) in [4.78, 5) is 38.8. The summed E-state index contributed by atoms with van der Waals surface area (Å²) in [6.45, 7) is 5.49. The number of amides is 1. The van der Waals surface area contributed by atoms with Crippen molar-refractivity contribution in [1.29, 1.82) is 0 Å². The molecule has 3 aliphatic rings. The molecule has 0 aromatic carbocycles. The first kappa shape index (κ1) is 25.2. The Hall–Kier alpha value is -2.41. The highest BCUT2D eigenvalue weighted by atomic mass is 16.4. The molecular weight excluding hydrogens is 422 g/mol. The number of ketones is 1. The van der Waals surface area contributed by atoms with E-state index >= 15 is 0 Å². The molecule has 3 N–H and O–H groups in total. The zero-order valence-corrected chi connectivity index (χ0v) is 20.0. The van der Waals surface area contributed by atoms with Crippen LogP contribution in [-0.2, 0) is 14.4 Å². The van der Waals surface area contributed by atoms with Gasteiger partial charge in [0, 0.05) is 13.5 Å². The monoisotopic (exact) mass is 459 g/mol. The van der Waals surface area contributed by atoms with Crippen LogP contribution in [0.1, 0.15) is 59.3 Å². The highest BCUT2D eigenvalue weighted by Crippen LogP contribution is 2.43. The number of rotatable bonds is 7. The van der Waals surface area contributed by atoms with E-state index in [0.717, 1.165) is 17.7 Å². The van der Waals surface area contributed by atoms with E-state index in [4.69, 9.17) is 0 Å². The van der Waals surface area contributed by atoms with E-state index in [1.165, 1.54) is 26.0 Å². The summed E-state index contributed by atoms with van der Waals surface area (Å²) in [7, 11) is 1.40. The summed E-state index contributed by atoms with van der Waals surface area (Å²) < 4.78 is 0. The largest absolute Gasteiger partial charge is 0.507 e. The summed E-state index contributed by atoms with van der Waals surface area (Å²) in [5.74, 6) is -2.22. The molecule has 0 bridgehead atoms. The summed E-state index contributed by atoms with van der Waals surface area (Å²) in [5.41, 5.74) is -2.49. The number of likely N-dealkylation sites (tertiary alicyclic amines) is 1. The van der Waals surface area contributed by atoms with Crippen molar-refractivity contribution in [2.75, 3.05) is 7.05 Å². The van der Waals surface area contributed by atoms with Gasteiger partial charge in [0.25, 0.3) is 5.91 Å². The lowest BCUT2D eigenvalue weighted by Gasteiger charge is -2.40. The highest BCUT2D eigenvalue weighted by molar-refractivity contribution is 6.27. The van der Waals surface area contributed by atoms with E-state index in [1.807, 2.05) is 6.08 Å². The molecule has 2 fully saturated rings. The van der Waals surface area contributed by atoms with Gasteiger partial charge in [-0.15, -0.1) is 0 Å². The fourth-order valence-electron chi connectivity index (χ4n) is 5.71. The van der Waals surface area contributed by atoms with Gasteiger partial charge in [-0.2, -0.15) is 0 Å². The fourth-order valence-corrected chi connectivity index (χ4v) is 5.71. The quantitative estimate of drug-likeness (QED) is 0.232. The Morgan fingerprint density at radius 3 is 2.55 bits per heavy atom. The van der Waals surface area contributed by atoms with Crippen LogP contribution in [0.2, 0.25) is 0 Å². The average molecular weight is 460 g/mol. The van der Waals surface area contributed by atoms with Gasteiger partial charge in [0.1, 0.15) is 11.3 Å². The van der Waals surface area contributed by atoms with Crippen LogP contribution in [0.3, 0.4) is 0 Å². The average Bonchev–Trinajstić information content (AvgIpc) is 3.00. The first-order valence-electron chi connectivity index (χ1n) is 12.1. The van der Waals surface area contributed by atoms with Crippen molar-refractivity contribution in [3.8, 4) is 0 Å².